The highest BCUT2D eigenvalue weighted by Crippen LogP contribution is 2.32. The van der Waals surface area contributed by atoms with Crippen molar-refractivity contribution in [1.29, 1.82) is 0 Å². The molecule has 0 unspecified atom stereocenters. The number of ether oxygens (including phenoxy) is 2. The number of amides is 1. The molecule has 0 radical (unpaired) electrons. The number of hydrogen-bond donors (Lipinski definition) is 1. The molecule has 5 nitrogen and oxygen atoms in total. The van der Waals surface area contributed by atoms with Crippen molar-refractivity contribution in [3.8, 4) is 17.4 Å². The van der Waals surface area contributed by atoms with Gasteiger partial charge in [-0.2, -0.15) is 0 Å². The van der Waals surface area contributed by atoms with E-state index in [0.717, 1.165) is 5.56 Å². The zero-order valence-electron chi connectivity index (χ0n) is 14.8. The van der Waals surface area contributed by atoms with Crippen LogP contribution in [0.4, 0.5) is 8.78 Å². The molecule has 0 fully saturated rings. The Hall–Kier alpha value is -2.67. The summed E-state index contributed by atoms with van der Waals surface area (Å²) in [6.45, 7) is 2.62. The van der Waals surface area contributed by atoms with Crippen LogP contribution >= 0.6 is 11.6 Å². The van der Waals surface area contributed by atoms with Crippen molar-refractivity contribution in [1.82, 2.24) is 10.3 Å². The van der Waals surface area contributed by atoms with Crippen molar-refractivity contribution in [3.05, 3.63) is 53.2 Å². The van der Waals surface area contributed by atoms with E-state index in [4.69, 9.17) is 21.1 Å². The fraction of sp³-hybridized carbons (Fsp3) is 0.263. The third kappa shape index (κ3) is 7.22. The van der Waals surface area contributed by atoms with Crippen LogP contribution in [0.25, 0.3) is 6.08 Å². The Morgan fingerprint density at radius 2 is 2.11 bits per heavy atom. The van der Waals surface area contributed by atoms with Gasteiger partial charge in [-0.05, 0) is 30.7 Å². The molecular formula is C19H19ClF2N2O3. The summed E-state index contributed by atoms with van der Waals surface area (Å²) in [6.07, 6.45) is 2.73. The Labute approximate surface area is 161 Å². The normalized spacial score (nSPS) is 12.2. The fourth-order valence-corrected chi connectivity index (χ4v) is 2.31. The van der Waals surface area contributed by atoms with Crippen molar-refractivity contribution in [3.63, 3.8) is 0 Å². The molecule has 1 heterocycles. The average Bonchev–Trinajstić information content (AvgIpc) is 2.61. The van der Waals surface area contributed by atoms with Gasteiger partial charge in [0.2, 0.25) is 11.8 Å². The summed E-state index contributed by atoms with van der Waals surface area (Å²) in [5, 5.41) is 2.96. The van der Waals surface area contributed by atoms with Crippen LogP contribution in [0, 0.1) is 0 Å². The first kappa shape index (κ1) is 20.6. The van der Waals surface area contributed by atoms with Crippen LogP contribution in [0.2, 0.25) is 5.02 Å². The van der Waals surface area contributed by atoms with Crippen LogP contribution in [0.1, 0.15) is 19.4 Å². The quantitative estimate of drug-likeness (QED) is 0.702. The predicted octanol–water partition coefficient (Wildman–Crippen LogP) is 4.71. The second-order valence-electron chi connectivity index (χ2n) is 5.67. The average molecular weight is 397 g/mol. The van der Waals surface area contributed by atoms with Crippen molar-refractivity contribution >= 4 is 23.6 Å². The van der Waals surface area contributed by atoms with Crippen molar-refractivity contribution in [2.24, 2.45) is 0 Å². The van der Waals surface area contributed by atoms with E-state index in [1.807, 2.05) is 19.1 Å². The molecule has 1 atom stereocenters. The zero-order chi connectivity index (χ0) is 19.8. The van der Waals surface area contributed by atoms with E-state index in [0.29, 0.717) is 11.6 Å². The number of pyridine rings is 1. The van der Waals surface area contributed by atoms with Crippen LogP contribution < -0.4 is 14.8 Å². The second kappa shape index (κ2) is 9.87. The summed E-state index contributed by atoms with van der Waals surface area (Å²) in [4.78, 5) is 15.2. The lowest BCUT2D eigenvalue weighted by Crippen LogP contribution is -2.28. The third-order valence-corrected chi connectivity index (χ3v) is 3.56. The molecule has 144 valence electrons. The topological polar surface area (TPSA) is 60.5 Å². The third-order valence-electron chi connectivity index (χ3n) is 3.26. The van der Waals surface area contributed by atoms with Crippen molar-refractivity contribution < 1.29 is 23.0 Å². The van der Waals surface area contributed by atoms with Crippen molar-refractivity contribution in [2.45, 2.75) is 26.3 Å². The molecule has 1 aromatic heterocycles. The highest BCUT2D eigenvalue weighted by atomic mass is 35.5. The second-order valence-corrected chi connectivity index (χ2v) is 6.08. The number of alkyl halides is 2. The number of hydrogen-bond acceptors (Lipinski definition) is 4. The summed E-state index contributed by atoms with van der Waals surface area (Å²) >= 11 is 6.09. The summed E-state index contributed by atoms with van der Waals surface area (Å²) < 4.78 is 34.8. The molecule has 0 saturated heterocycles. The number of carbonyl (C=O) groups is 1. The van der Waals surface area contributed by atoms with Gasteiger partial charge in [-0.1, -0.05) is 23.8 Å². The van der Waals surface area contributed by atoms with Crippen LogP contribution in [-0.4, -0.2) is 30.0 Å². The van der Waals surface area contributed by atoms with Gasteiger partial charge in [-0.15, -0.1) is 0 Å². The monoisotopic (exact) mass is 396 g/mol. The Balaban J connectivity index is 1.98. The number of rotatable bonds is 8. The van der Waals surface area contributed by atoms with Gasteiger partial charge in [0.25, 0.3) is 6.43 Å². The zero-order valence-corrected chi connectivity index (χ0v) is 15.5. The van der Waals surface area contributed by atoms with Gasteiger partial charge in [0.15, 0.2) is 0 Å². The molecule has 1 aromatic carbocycles. The van der Waals surface area contributed by atoms with Gasteiger partial charge in [-0.3, -0.25) is 4.79 Å². The fourth-order valence-electron chi connectivity index (χ4n) is 2.10. The van der Waals surface area contributed by atoms with Gasteiger partial charge < -0.3 is 14.8 Å². The van der Waals surface area contributed by atoms with Crippen LogP contribution in [0.5, 0.6) is 17.4 Å². The Kier molecular flexibility index (Phi) is 7.55. The summed E-state index contributed by atoms with van der Waals surface area (Å²) in [7, 11) is 0. The first-order valence-electron chi connectivity index (χ1n) is 8.13. The van der Waals surface area contributed by atoms with E-state index in [9.17, 15) is 13.6 Å². The first-order valence-corrected chi connectivity index (χ1v) is 8.51. The minimum Gasteiger partial charge on any atom is -0.488 e. The molecule has 2 aromatic rings. The van der Waals surface area contributed by atoms with E-state index in [1.54, 1.807) is 18.3 Å². The Morgan fingerprint density at radius 3 is 2.70 bits per heavy atom. The van der Waals surface area contributed by atoms with Gasteiger partial charge >= 0.3 is 0 Å². The van der Waals surface area contributed by atoms with Gasteiger partial charge in [0.1, 0.15) is 18.1 Å². The van der Waals surface area contributed by atoms with Gasteiger partial charge in [0, 0.05) is 31.3 Å². The highest BCUT2D eigenvalue weighted by Gasteiger charge is 2.08. The smallest absolute Gasteiger partial charge is 0.272 e. The number of halogens is 3. The number of nitrogens with one attached hydrogen (secondary N) is 1. The lowest BCUT2D eigenvalue weighted by Gasteiger charge is -2.10. The number of benzene rings is 1. The predicted molar refractivity (Wildman–Crippen MR) is 99.6 cm³/mol. The molecule has 0 spiro atoms. The van der Waals surface area contributed by atoms with Gasteiger partial charge in [0.05, 0.1) is 5.02 Å². The molecule has 0 aliphatic carbocycles. The minimum absolute atomic E-state index is 0.0944. The standard InChI is InChI=1S/C19H19ClF2N2O3/c1-12(24-13(2)25)3-4-14-5-8-19(23-10-14)27-17-7-6-15(9-16(17)20)26-11-18(21)22/h3-10,12,18H,11H2,1-2H3,(H,24,25)/t12-/m0/s1. The lowest BCUT2D eigenvalue weighted by atomic mass is 10.2. The molecular weight excluding hydrogens is 378 g/mol. The van der Waals surface area contributed by atoms with E-state index in [1.165, 1.54) is 25.1 Å². The minimum atomic E-state index is -2.56. The number of nitrogens with zero attached hydrogens (tertiary/aromatic N) is 1. The maximum Gasteiger partial charge on any atom is 0.272 e. The molecule has 0 bridgehead atoms. The first-order chi connectivity index (χ1) is 12.8. The van der Waals surface area contributed by atoms with E-state index >= 15 is 0 Å². The highest BCUT2D eigenvalue weighted by molar-refractivity contribution is 6.32. The van der Waals surface area contributed by atoms with E-state index < -0.39 is 13.0 Å². The summed E-state index contributed by atoms with van der Waals surface area (Å²) in [5.41, 5.74) is 0.835. The molecule has 0 aliphatic heterocycles. The largest absolute Gasteiger partial charge is 0.488 e. The molecule has 0 saturated carbocycles. The maximum atomic E-state index is 12.2. The van der Waals surface area contributed by atoms with Crippen LogP contribution in [0.3, 0.4) is 0 Å². The Bertz CT molecular complexity index is 798. The maximum absolute atomic E-state index is 12.2. The van der Waals surface area contributed by atoms with Crippen molar-refractivity contribution in [2.75, 3.05) is 6.61 Å². The van der Waals surface area contributed by atoms with E-state index in [-0.39, 0.29) is 22.7 Å². The molecule has 8 heteroatoms. The van der Waals surface area contributed by atoms with Crippen LogP contribution in [0.15, 0.2) is 42.6 Å². The van der Waals surface area contributed by atoms with E-state index in [2.05, 4.69) is 10.3 Å². The summed E-state index contributed by atoms with van der Waals surface area (Å²) in [5.74, 6) is 0.784. The lowest BCUT2D eigenvalue weighted by molar-refractivity contribution is -0.119. The molecule has 1 amide bonds. The molecule has 27 heavy (non-hydrogen) atoms. The molecule has 2 rings (SSSR count). The number of aromatic nitrogens is 1. The number of carbonyl (C=O) groups excluding carboxylic acids is 1. The van der Waals surface area contributed by atoms with Gasteiger partial charge in [-0.25, -0.2) is 13.8 Å². The molecule has 1 N–H and O–H groups in total. The Morgan fingerprint density at radius 1 is 1.33 bits per heavy atom. The van der Waals surface area contributed by atoms with Crippen LogP contribution in [-0.2, 0) is 4.79 Å². The summed E-state index contributed by atoms with van der Waals surface area (Å²) in [6, 6.07) is 7.79. The SMILES string of the molecule is CC(=O)N[C@@H](C)C=Cc1ccc(Oc2ccc(OCC(F)F)cc2Cl)nc1. The molecule has 0 aliphatic rings.